The summed E-state index contributed by atoms with van der Waals surface area (Å²) in [5, 5.41) is 10.1. The van der Waals surface area contributed by atoms with Crippen molar-refractivity contribution in [3.63, 3.8) is 0 Å². The van der Waals surface area contributed by atoms with E-state index in [4.69, 9.17) is 4.74 Å². The molecule has 1 heterocycles. The molecule has 0 radical (unpaired) electrons. The Balaban J connectivity index is 1.59. The van der Waals surface area contributed by atoms with E-state index in [0.717, 1.165) is 23.6 Å². The van der Waals surface area contributed by atoms with Gasteiger partial charge in [-0.1, -0.05) is 44.2 Å². The molecule has 1 amide bonds. The van der Waals surface area contributed by atoms with Crippen molar-refractivity contribution in [3.05, 3.63) is 47.2 Å². The van der Waals surface area contributed by atoms with Crippen LogP contribution in [0.15, 0.2) is 30.3 Å². The Labute approximate surface area is 142 Å². The highest BCUT2D eigenvalue weighted by molar-refractivity contribution is 6.03. The first-order valence-corrected chi connectivity index (χ1v) is 8.68. The molecule has 128 valence electrons. The largest absolute Gasteiger partial charge is 0.380 e. The lowest BCUT2D eigenvalue weighted by Gasteiger charge is -2.20. The van der Waals surface area contributed by atoms with E-state index >= 15 is 0 Å². The summed E-state index contributed by atoms with van der Waals surface area (Å²) in [5.74, 6) is 1.18. The predicted octanol–water partition coefficient (Wildman–Crippen LogP) is 3.93. The molecule has 1 aliphatic rings. The number of methoxy groups -OCH3 is 1. The van der Waals surface area contributed by atoms with Crippen LogP contribution in [0.1, 0.15) is 53.7 Å². The molecule has 0 atom stereocenters. The van der Waals surface area contributed by atoms with Gasteiger partial charge in [-0.15, -0.1) is 0 Å². The molecule has 1 aromatic carbocycles. The molecule has 0 bridgehead atoms. The molecule has 3 rings (SSSR count). The Bertz CT molecular complexity index is 675. The fourth-order valence-electron chi connectivity index (χ4n) is 3.39. The number of hydrogen-bond donors (Lipinski definition) is 2. The van der Waals surface area contributed by atoms with E-state index in [0.29, 0.717) is 18.0 Å². The van der Waals surface area contributed by atoms with Crippen molar-refractivity contribution < 1.29 is 9.53 Å². The van der Waals surface area contributed by atoms with Crippen molar-refractivity contribution in [1.82, 2.24) is 10.2 Å². The number of nitrogens with zero attached hydrogens (tertiary/aromatic N) is 1. The quantitative estimate of drug-likeness (QED) is 0.844. The zero-order valence-electron chi connectivity index (χ0n) is 14.2. The third kappa shape index (κ3) is 4.45. The van der Waals surface area contributed by atoms with Crippen LogP contribution in [0.5, 0.6) is 0 Å². The number of ether oxygens (including phenoxy) is 1. The minimum Gasteiger partial charge on any atom is -0.380 e. The average Bonchev–Trinajstić information content (AvgIpc) is 3.03. The summed E-state index contributed by atoms with van der Waals surface area (Å²) in [7, 11) is 1.64. The lowest BCUT2D eigenvalue weighted by molar-refractivity contribution is 0.102. The molecule has 1 fully saturated rings. The van der Waals surface area contributed by atoms with Crippen LogP contribution in [-0.4, -0.2) is 23.2 Å². The molecular weight excluding hydrogens is 302 g/mol. The Morgan fingerprint density at radius 1 is 1.29 bits per heavy atom. The fraction of sp³-hybridized carbons (Fsp3) is 0.474. The van der Waals surface area contributed by atoms with Crippen LogP contribution < -0.4 is 5.32 Å². The molecule has 0 unspecified atom stereocenters. The zero-order valence-corrected chi connectivity index (χ0v) is 14.2. The number of H-pyrrole nitrogens is 1. The van der Waals surface area contributed by atoms with Gasteiger partial charge in [0.2, 0.25) is 0 Å². The van der Waals surface area contributed by atoms with Gasteiger partial charge in [0.1, 0.15) is 0 Å². The van der Waals surface area contributed by atoms with E-state index in [9.17, 15) is 4.79 Å². The Kier molecular flexibility index (Phi) is 5.64. The van der Waals surface area contributed by atoms with Crippen molar-refractivity contribution in [2.75, 3.05) is 12.4 Å². The standard InChI is InChI=1S/C19H25N3O2/c1-24-13-15-8-5-9-16(10-15)19(23)20-18-12-17(21-22-18)11-14-6-3-2-4-7-14/h5,8-10,12,14H,2-4,6-7,11,13H2,1H3,(H2,20,21,22,23). The van der Waals surface area contributed by atoms with E-state index in [2.05, 4.69) is 15.5 Å². The maximum absolute atomic E-state index is 12.4. The molecule has 1 aliphatic carbocycles. The summed E-state index contributed by atoms with van der Waals surface area (Å²) in [6.45, 7) is 0.495. The van der Waals surface area contributed by atoms with Crippen LogP contribution >= 0.6 is 0 Å². The highest BCUT2D eigenvalue weighted by atomic mass is 16.5. The zero-order chi connectivity index (χ0) is 16.8. The monoisotopic (exact) mass is 327 g/mol. The van der Waals surface area contributed by atoms with Crippen LogP contribution in [0.4, 0.5) is 5.82 Å². The lowest BCUT2D eigenvalue weighted by Crippen LogP contribution is -2.12. The van der Waals surface area contributed by atoms with E-state index in [1.54, 1.807) is 13.2 Å². The fourth-order valence-corrected chi connectivity index (χ4v) is 3.39. The van der Waals surface area contributed by atoms with Crippen LogP contribution in [-0.2, 0) is 17.8 Å². The van der Waals surface area contributed by atoms with Gasteiger partial charge in [-0.3, -0.25) is 9.89 Å². The number of hydrogen-bond acceptors (Lipinski definition) is 3. The molecule has 2 aromatic rings. The molecule has 2 N–H and O–H groups in total. The number of benzene rings is 1. The first kappa shape index (κ1) is 16.7. The van der Waals surface area contributed by atoms with Gasteiger partial charge in [-0.05, 0) is 30.0 Å². The second-order valence-corrected chi connectivity index (χ2v) is 6.57. The number of aromatic amines is 1. The van der Waals surface area contributed by atoms with Crippen LogP contribution in [0.2, 0.25) is 0 Å². The maximum Gasteiger partial charge on any atom is 0.256 e. The highest BCUT2D eigenvalue weighted by Gasteiger charge is 2.16. The Hall–Kier alpha value is -2.14. The van der Waals surface area contributed by atoms with Gasteiger partial charge in [-0.2, -0.15) is 5.10 Å². The number of rotatable bonds is 6. The maximum atomic E-state index is 12.4. The smallest absolute Gasteiger partial charge is 0.256 e. The second-order valence-electron chi connectivity index (χ2n) is 6.57. The SMILES string of the molecule is COCc1cccc(C(=O)Nc2cc(CC3CCCCC3)[nH]n2)c1. The van der Waals surface area contributed by atoms with Crippen molar-refractivity contribution in [2.24, 2.45) is 5.92 Å². The van der Waals surface area contributed by atoms with Crippen molar-refractivity contribution in [2.45, 2.75) is 45.1 Å². The molecule has 5 nitrogen and oxygen atoms in total. The molecule has 5 heteroatoms. The summed E-state index contributed by atoms with van der Waals surface area (Å²) >= 11 is 0. The van der Waals surface area contributed by atoms with Gasteiger partial charge in [0.25, 0.3) is 5.91 Å². The minimum absolute atomic E-state index is 0.149. The summed E-state index contributed by atoms with van der Waals surface area (Å²) < 4.78 is 5.11. The Morgan fingerprint density at radius 2 is 2.12 bits per heavy atom. The third-order valence-corrected chi connectivity index (χ3v) is 4.61. The molecule has 1 aromatic heterocycles. The van der Waals surface area contributed by atoms with Gasteiger partial charge >= 0.3 is 0 Å². The summed E-state index contributed by atoms with van der Waals surface area (Å²) in [6, 6.07) is 9.39. The average molecular weight is 327 g/mol. The number of carbonyl (C=O) groups is 1. The molecule has 1 saturated carbocycles. The lowest BCUT2D eigenvalue weighted by atomic mass is 9.86. The minimum atomic E-state index is -0.149. The van der Waals surface area contributed by atoms with Gasteiger partial charge in [0.05, 0.1) is 6.61 Å². The van der Waals surface area contributed by atoms with E-state index in [1.165, 1.54) is 32.1 Å². The van der Waals surface area contributed by atoms with Gasteiger partial charge in [0, 0.05) is 24.4 Å². The number of aromatic nitrogens is 2. The first-order chi connectivity index (χ1) is 11.7. The van der Waals surface area contributed by atoms with E-state index in [1.807, 2.05) is 24.3 Å². The second kappa shape index (κ2) is 8.11. The van der Waals surface area contributed by atoms with Crippen molar-refractivity contribution >= 4 is 11.7 Å². The van der Waals surface area contributed by atoms with Crippen molar-refractivity contribution in [1.29, 1.82) is 0 Å². The third-order valence-electron chi connectivity index (χ3n) is 4.61. The molecule has 0 aliphatic heterocycles. The van der Waals surface area contributed by atoms with Gasteiger partial charge in [-0.25, -0.2) is 0 Å². The normalized spacial score (nSPS) is 15.4. The molecular formula is C19H25N3O2. The number of carbonyl (C=O) groups excluding carboxylic acids is 1. The van der Waals surface area contributed by atoms with Crippen LogP contribution in [0.3, 0.4) is 0 Å². The van der Waals surface area contributed by atoms with Gasteiger partial charge < -0.3 is 10.1 Å². The number of nitrogens with one attached hydrogen (secondary N) is 2. The summed E-state index contributed by atoms with van der Waals surface area (Å²) in [6.07, 6.45) is 7.65. The summed E-state index contributed by atoms with van der Waals surface area (Å²) in [4.78, 5) is 12.4. The highest BCUT2D eigenvalue weighted by Crippen LogP contribution is 2.26. The molecule has 24 heavy (non-hydrogen) atoms. The first-order valence-electron chi connectivity index (χ1n) is 8.68. The van der Waals surface area contributed by atoms with Gasteiger partial charge in [0.15, 0.2) is 5.82 Å². The van der Waals surface area contributed by atoms with Crippen molar-refractivity contribution in [3.8, 4) is 0 Å². The van der Waals surface area contributed by atoms with E-state index in [-0.39, 0.29) is 5.91 Å². The van der Waals surface area contributed by atoms with Crippen LogP contribution in [0, 0.1) is 5.92 Å². The predicted molar refractivity (Wildman–Crippen MR) is 94.0 cm³/mol. The molecule has 0 spiro atoms. The Morgan fingerprint density at radius 3 is 2.92 bits per heavy atom. The van der Waals surface area contributed by atoms with E-state index < -0.39 is 0 Å². The molecule has 0 saturated heterocycles. The summed E-state index contributed by atoms with van der Waals surface area (Å²) in [5.41, 5.74) is 2.69. The topological polar surface area (TPSA) is 67.0 Å². The van der Waals surface area contributed by atoms with Crippen LogP contribution in [0.25, 0.3) is 0 Å². The number of anilines is 1. The number of amides is 1.